The number of aliphatic hydroxyl groups is 2. The summed E-state index contributed by atoms with van der Waals surface area (Å²) in [6.45, 7) is -0.786. The van der Waals surface area contributed by atoms with Crippen LogP contribution in [0.1, 0.15) is 129 Å². The first-order chi connectivity index (χ1) is 58.2. The van der Waals surface area contributed by atoms with Gasteiger partial charge in [0, 0.05) is 51.3 Å². The number of thioether (sulfide) groups is 1. The van der Waals surface area contributed by atoms with Gasteiger partial charge in [-0.05, 0) is 76.2 Å². The van der Waals surface area contributed by atoms with Crippen LogP contribution in [0, 0.1) is 11.3 Å². The highest BCUT2D eigenvalue weighted by Gasteiger charge is 2.40. The predicted molar refractivity (Wildman–Crippen MR) is 419 cm³/mol. The number of aliphatic hydroxyl groups excluding tert-OH is 2. The molecule has 0 unspecified atom stereocenters. The van der Waals surface area contributed by atoms with Crippen LogP contribution >= 0.6 is 11.8 Å². The number of nitrogens with two attached hydrogens (primary N) is 2. The number of carbonyl (C=O) groups is 23. The van der Waals surface area contributed by atoms with Crippen molar-refractivity contribution in [1.29, 1.82) is 5.41 Å². The molecule has 1 aromatic rings. The molecule has 0 aliphatic rings. The highest BCUT2D eigenvalue weighted by Crippen LogP contribution is 2.15. The lowest BCUT2D eigenvalue weighted by atomic mass is 9.96. The Morgan fingerprint density at radius 3 is 1.15 bits per heavy atom. The minimum Gasteiger partial charge on any atom is -0.481 e. The van der Waals surface area contributed by atoms with Gasteiger partial charge < -0.3 is 153 Å². The lowest BCUT2D eigenvalue weighted by Crippen LogP contribution is -2.61. The van der Waals surface area contributed by atoms with Gasteiger partial charge in [-0.25, -0.2) is 9.78 Å². The number of amides is 15. The Kier molecular flexibility index (Phi) is 49.8. The van der Waals surface area contributed by atoms with E-state index in [1.807, 2.05) is 21.3 Å². The molecule has 32 N–H and O–H groups in total. The van der Waals surface area contributed by atoms with Crippen molar-refractivity contribution in [2.24, 2.45) is 17.4 Å². The smallest absolute Gasteiger partial charge is 0.326 e. The number of aliphatic carboxylic acids is 8. The molecule has 0 radical (unpaired) electrons. The fourth-order valence-electron chi connectivity index (χ4n) is 10.8. The normalized spacial score (nSPS) is 14.5. The topological polar surface area (TPSA) is 892 Å². The van der Waals surface area contributed by atoms with Crippen molar-refractivity contribution in [1.82, 2.24) is 95.0 Å². The number of aromatic nitrogens is 2. The molecule has 15 amide bonds. The highest BCUT2D eigenvalue weighted by atomic mass is 32.2. The molecule has 692 valence electrons. The van der Waals surface area contributed by atoms with E-state index in [0.29, 0.717) is 0 Å². The van der Waals surface area contributed by atoms with Gasteiger partial charge in [0.2, 0.25) is 88.6 Å². The van der Waals surface area contributed by atoms with E-state index in [1.165, 1.54) is 38.1 Å². The summed E-state index contributed by atoms with van der Waals surface area (Å²) in [7, 11) is 0. The third-order valence-corrected chi connectivity index (χ3v) is 18.3. The maximum Gasteiger partial charge on any atom is 0.326 e. The van der Waals surface area contributed by atoms with Crippen molar-refractivity contribution in [2.45, 2.75) is 215 Å². The maximum absolute atomic E-state index is 14.3. The summed E-state index contributed by atoms with van der Waals surface area (Å²) in [6.07, 6.45) is -7.30. The first-order valence-corrected chi connectivity index (χ1v) is 39.3. The Morgan fingerprint density at radius 1 is 0.411 bits per heavy atom. The van der Waals surface area contributed by atoms with Crippen LogP contribution in [0.4, 0.5) is 0 Å². The van der Waals surface area contributed by atoms with Crippen molar-refractivity contribution >= 4 is 154 Å². The molecule has 1 aromatic heterocycles. The molecule has 0 aromatic carbocycles. The summed E-state index contributed by atoms with van der Waals surface area (Å²) in [5.41, 5.74) is 10.8. The van der Waals surface area contributed by atoms with Gasteiger partial charge in [-0.15, -0.1) is 0 Å². The van der Waals surface area contributed by atoms with Crippen molar-refractivity contribution in [3.8, 4) is 0 Å². The van der Waals surface area contributed by atoms with E-state index in [2.05, 4.69) is 73.8 Å². The highest BCUT2D eigenvalue weighted by molar-refractivity contribution is 7.98. The van der Waals surface area contributed by atoms with Gasteiger partial charge in [-0.3, -0.25) is 111 Å². The number of nitrogens with zero attached hydrogens (tertiary/aromatic N) is 1. The van der Waals surface area contributed by atoms with Crippen molar-refractivity contribution < 1.29 is 161 Å². The number of carboxylic acids is 8. The van der Waals surface area contributed by atoms with Crippen LogP contribution in [0.2, 0.25) is 0 Å². The van der Waals surface area contributed by atoms with Gasteiger partial charge in [0.25, 0.3) is 0 Å². The second-order valence-corrected chi connectivity index (χ2v) is 28.5. The zero-order valence-electron chi connectivity index (χ0n) is 67.5. The van der Waals surface area contributed by atoms with E-state index in [0.717, 1.165) is 6.92 Å². The monoisotopic (exact) mass is 1790 g/mol. The van der Waals surface area contributed by atoms with E-state index in [1.54, 1.807) is 6.26 Å². The number of nitrogens with one attached hydrogen (secondary N) is 18. The summed E-state index contributed by atoms with van der Waals surface area (Å²) in [5.74, 6) is -33.4. The lowest BCUT2D eigenvalue weighted by molar-refractivity contribution is -0.143. The Labute approximate surface area is 708 Å². The van der Waals surface area contributed by atoms with E-state index in [9.17, 15) is 161 Å². The summed E-state index contributed by atoms with van der Waals surface area (Å²) in [4.78, 5) is 306. The third kappa shape index (κ3) is 43.1. The average molecular weight is 1790 g/mol. The van der Waals surface area contributed by atoms with Crippen molar-refractivity contribution in [3.63, 3.8) is 0 Å². The van der Waals surface area contributed by atoms with Crippen LogP contribution < -0.4 is 96.5 Å². The number of rotatable bonds is 63. The largest absolute Gasteiger partial charge is 0.481 e. The van der Waals surface area contributed by atoms with Gasteiger partial charge >= 0.3 is 47.8 Å². The lowest BCUT2D eigenvalue weighted by Gasteiger charge is -2.29. The van der Waals surface area contributed by atoms with Crippen LogP contribution in [0.15, 0.2) is 12.5 Å². The van der Waals surface area contributed by atoms with Crippen LogP contribution in [-0.2, 0) is 117 Å². The van der Waals surface area contributed by atoms with Crippen LogP contribution in [0.3, 0.4) is 0 Å². The molecule has 124 heavy (non-hydrogen) atoms. The number of carboxylic acid groups (broad SMARTS) is 8. The summed E-state index contributed by atoms with van der Waals surface area (Å²) in [6, 6.07) is -26.5. The Bertz CT molecular complexity index is 3950. The predicted octanol–water partition coefficient (Wildman–Crippen LogP) is -11.8. The molecular formula is C69H107N21O33S. The SMILES string of the molecule is CC[C@H](C)[C@H](NC(=O)[C@H](CCC(=O)O)NC(=O)[C@H](CO)NC(=O)[C@H](CCC(=O)O)NC(=O)[C@H](CCC(=O)O)NC(=O)CN)C(=O)N[C@@H](CCC(=O)O)C(=O)N[C@@H](CCC(=O)O)C(=O)N[C@@H](C)C(=O)N[C@@H](CC(=O)O)C(=O)NCC(=O)N[C@@H](CCCNC(=N)N)C(=O)N[C@@H](CO)C(=O)N[C@@H](CC(=O)O)C(=O)N[C@@H](Cc1c[nH]cn1)C(=O)N[C@@H](CCSC)C(=O)O. The second kappa shape index (κ2) is 56.9. The second-order valence-electron chi connectivity index (χ2n) is 27.5. The van der Waals surface area contributed by atoms with E-state index >= 15 is 0 Å². The molecule has 0 fully saturated rings. The molecule has 0 spiro atoms. The quantitative estimate of drug-likeness (QED) is 0.0164. The standard InChI is InChI=1S/C69H107N21O33S/c1-5-30(2)54(90-62(116)38(12-17-51(103)104)82-65(119)43(27-91)89-61(115)36(10-15-49(99)100)81-59(113)34(8-13-47(95)96)78-45(93)24-70)67(121)83-37(11-16-50(101)102)60(114)80-35(9-14-48(97)98)57(111)77-31(3)55(109)85-41(22-52(105)106)56(110)75-26-46(94)79-33(7-6-19-74-69(71)72)58(112)88-44(28-92)66(120)87-42(23-53(107)108)64(118)86-40(21-32-25-73-29-76-32)63(117)84-39(68(122)123)18-20-124-4/h25,29-31,33-44,54,91-92H,5-24,26-28,70H2,1-4H3,(H,73,76)(H,75,110)(H,77,111)(H,78,93)(H,79,94)(H,80,114)(H,81,113)(H,82,119)(H,83,121)(H,84,117)(H,85,109)(H,86,118)(H,87,120)(H,88,112)(H,89,115)(H,90,116)(H,95,96)(H,97,98)(H,99,100)(H,101,102)(H,103,104)(H,105,106)(H,107,108)(H,122,123)(H4,71,72,74)/t30-,31-,33-,34-,35-,36-,37-,38-,39-,40-,41-,42-,43-,44-,54-/m0/s1. The number of imidazole rings is 1. The first-order valence-electron chi connectivity index (χ1n) is 37.9. The fourth-order valence-corrected chi connectivity index (χ4v) is 11.3. The minimum absolute atomic E-state index is 0.0101. The summed E-state index contributed by atoms with van der Waals surface area (Å²) in [5, 5.41) is 139. The Hall–Kier alpha value is -13.5. The molecule has 15 atom stereocenters. The molecule has 54 nitrogen and oxygen atoms in total. The van der Waals surface area contributed by atoms with Crippen LogP contribution in [0.25, 0.3) is 0 Å². The van der Waals surface area contributed by atoms with Gasteiger partial charge in [-0.1, -0.05) is 20.3 Å². The fraction of sp³-hybridized carbons (Fsp3) is 0.609. The molecule has 0 aliphatic heterocycles. The van der Waals surface area contributed by atoms with Gasteiger partial charge in [0.1, 0.15) is 84.6 Å². The van der Waals surface area contributed by atoms with Crippen molar-refractivity contribution in [2.75, 3.05) is 44.9 Å². The number of hydrogen-bond donors (Lipinski definition) is 30. The minimum atomic E-state index is -2.14. The zero-order valence-corrected chi connectivity index (χ0v) is 68.3. The molecular weight excluding hydrogens is 1680 g/mol. The third-order valence-electron chi connectivity index (χ3n) is 17.7. The van der Waals surface area contributed by atoms with Gasteiger partial charge in [-0.2, -0.15) is 11.8 Å². The molecule has 0 aliphatic carbocycles. The summed E-state index contributed by atoms with van der Waals surface area (Å²) >= 11 is 1.27. The number of hydrogen-bond acceptors (Lipinski definition) is 29. The zero-order chi connectivity index (χ0) is 94.2. The van der Waals surface area contributed by atoms with E-state index in [4.69, 9.17) is 16.9 Å². The number of guanidine groups is 1. The molecule has 0 bridgehead atoms. The number of carbonyl (C=O) groups excluding carboxylic acids is 15. The maximum atomic E-state index is 14.3. The molecule has 1 rings (SSSR count). The average Bonchev–Trinajstić information content (AvgIpc) is 1.31. The van der Waals surface area contributed by atoms with E-state index < -0.39 is 349 Å². The first kappa shape index (κ1) is 109. The Morgan fingerprint density at radius 2 is 0.758 bits per heavy atom. The van der Waals surface area contributed by atoms with Crippen LogP contribution in [-0.4, -0.2) is 333 Å². The van der Waals surface area contributed by atoms with Gasteiger partial charge in [0.05, 0.1) is 51.2 Å². The molecule has 1 heterocycles. The summed E-state index contributed by atoms with van der Waals surface area (Å²) < 4.78 is 0. The number of aromatic amines is 1. The Balaban J connectivity index is 3.53. The molecule has 0 saturated heterocycles. The van der Waals surface area contributed by atoms with E-state index in [-0.39, 0.29) is 37.3 Å². The molecule has 0 saturated carbocycles. The van der Waals surface area contributed by atoms with Crippen LogP contribution in [0.5, 0.6) is 0 Å². The number of H-pyrrole nitrogens is 1. The van der Waals surface area contributed by atoms with Crippen molar-refractivity contribution in [3.05, 3.63) is 18.2 Å². The van der Waals surface area contributed by atoms with Gasteiger partial charge in [0.15, 0.2) is 5.96 Å². The molecule has 55 heteroatoms.